The Hall–Kier alpha value is -2.40. The van der Waals surface area contributed by atoms with Crippen molar-refractivity contribution < 1.29 is 4.39 Å². The maximum atomic E-state index is 13.0. The largest absolute Gasteiger partial charge is 0.370 e. The van der Waals surface area contributed by atoms with E-state index < -0.39 is 0 Å². The van der Waals surface area contributed by atoms with Gasteiger partial charge in [-0.15, -0.1) is 0 Å². The zero-order chi connectivity index (χ0) is 18.6. The molecule has 5 heteroatoms. The molecule has 0 unspecified atom stereocenters. The molecule has 0 spiro atoms. The number of nitrogens with two attached hydrogens (primary N) is 1. The second-order valence-electron chi connectivity index (χ2n) is 7.66. The number of guanidine groups is 1. The fraction of sp³-hybridized carbons (Fsp3) is 0.409. The van der Waals surface area contributed by atoms with Crippen molar-refractivity contribution in [1.29, 1.82) is 0 Å². The summed E-state index contributed by atoms with van der Waals surface area (Å²) in [6.45, 7) is 3.15. The lowest BCUT2D eigenvalue weighted by molar-refractivity contribution is 0.199. The van der Waals surface area contributed by atoms with Gasteiger partial charge >= 0.3 is 0 Å². The van der Waals surface area contributed by atoms with E-state index in [1.165, 1.54) is 17.7 Å². The first kappa shape index (κ1) is 18.0. The third-order valence-electron chi connectivity index (χ3n) is 5.55. The molecule has 4 nitrogen and oxygen atoms in total. The molecule has 1 saturated carbocycles. The molecular weight excluding hydrogens is 339 g/mol. The maximum Gasteiger partial charge on any atom is 0.189 e. The summed E-state index contributed by atoms with van der Waals surface area (Å²) in [6.07, 6.45) is 3.15. The summed E-state index contributed by atoms with van der Waals surface area (Å²) in [4.78, 5) is 7.12. The number of hydrogen-bond donors (Lipinski definition) is 2. The molecule has 1 aliphatic carbocycles. The minimum Gasteiger partial charge on any atom is -0.370 e. The maximum absolute atomic E-state index is 13.0. The second-order valence-corrected chi connectivity index (χ2v) is 7.66. The number of nitrogens with zero attached hydrogens (tertiary/aromatic N) is 2. The SMILES string of the molecule is NC(=N[C@@H]1C[C@H]1c1ccc(F)cc1)NC1CCN(Cc2ccccc2)CC1. The van der Waals surface area contributed by atoms with Crippen LogP contribution < -0.4 is 11.1 Å². The van der Waals surface area contributed by atoms with Gasteiger partial charge in [0.2, 0.25) is 0 Å². The predicted molar refractivity (Wildman–Crippen MR) is 107 cm³/mol. The van der Waals surface area contributed by atoms with Crippen LogP contribution >= 0.6 is 0 Å². The normalized spacial score (nSPS) is 24.0. The van der Waals surface area contributed by atoms with Crippen LogP contribution in [0.1, 0.15) is 36.3 Å². The zero-order valence-corrected chi connectivity index (χ0v) is 15.5. The van der Waals surface area contributed by atoms with Crippen molar-refractivity contribution in [2.24, 2.45) is 10.7 Å². The highest BCUT2D eigenvalue weighted by molar-refractivity contribution is 5.78. The van der Waals surface area contributed by atoms with Crippen LogP contribution in [0.3, 0.4) is 0 Å². The molecule has 142 valence electrons. The Morgan fingerprint density at radius 2 is 1.78 bits per heavy atom. The number of aliphatic imine (C=N–C) groups is 1. The molecule has 0 aromatic heterocycles. The molecule has 2 aliphatic rings. The van der Waals surface area contributed by atoms with Crippen LogP contribution in [-0.4, -0.2) is 36.0 Å². The predicted octanol–water partition coefficient (Wildman–Crippen LogP) is 3.25. The number of nitrogens with one attached hydrogen (secondary N) is 1. The van der Waals surface area contributed by atoms with Crippen LogP contribution in [0.2, 0.25) is 0 Å². The lowest BCUT2D eigenvalue weighted by Crippen LogP contribution is -2.47. The average Bonchev–Trinajstić information content (AvgIpc) is 3.43. The summed E-state index contributed by atoms with van der Waals surface area (Å²) in [6, 6.07) is 18.0. The average molecular weight is 366 g/mol. The van der Waals surface area contributed by atoms with Crippen molar-refractivity contribution in [2.75, 3.05) is 13.1 Å². The van der Waals surface area contributed by atoms with Crippen LogP contribution in [0.15, 0.2) is 59.6 Å². The molecule has 0 amide bonds. The van der Waals surface area contributed by atoms with E-state index >= 15 is 0 Å². The summed E-state index contributed by atoms with van der Waals surface area (Å²) < 4.78 is 13.0. The first-order valence-corrected chi connectivity index (χ1v) is 9.79. The first-order chi connectivity index (χ1) is 13.2. The van der Waals surface area contributed by atoms with Crippen LogP contribution in [0.25, 0.3) is 0 Å². The van der Waals surface area contributed by atoms with Gasteiger partial charge < -0.3 is 11.1 Å². The molecule has 3 N–H and O–H groups in total. The van der Waals surface area contributed by atoms with E-state index in [0.29, 0.717) is 17.9 Å². The Labute approximate surface area is 160 Å². The van der Waals surface area contributed by atoms with Gasteiger partial charge in [0.25, 0.3) is 0 Å². The Balaban J connectivity index is 1.22. The quantitative estimate of drug-likeness (QED) is 0.631. The number of hydrogen-bond acceptors (Lipinski definition) is 2. The topological polar surface area (TPSA) is 53.6 Å². The number of rotatable bonds is 5. The molecule has 0 bridgehead atoms. The van der Waals surface area contributed by atoms with E-state index in [1.807, 2.05) is 12.1 Å². The van der Waals surface area contributed by atoms with Crippen molar-refractivity contribution >= 4 is 5.96 Å². The van der Waals surface area contributed by atoms with Crippen LogP contribution in [-0.2, 0) is 6.54 Å². The van der Waals surface area contributed by atoms with Gasteiger partial charge in [-0.3, -0.25) is 4.90 Å². The molecule has 0 radical (unpaired) electrons. The van der Waals surface area contributed by atoms with E-state index in [-0.39, 0.29) is 11.9 Å². The Kier molecular flexibility index (Phi) is 5.39. The van der Waals surface area contributed by atoms with E-state index in [1.54, 1.807) is 0 Å². The monoisotopic (exact) mass is 366 g/mol. The zero-order valence-electron chi connectivity index (χ0n) is 15.5. The van der Waals surface area contributed by atoms with Gasteiger partial charge in [0.15, 0.2) is 5.96 Å². The lowest BCUT2D eigenvalue weighted by atomic mass is 10.0. The fourth-order valence-electron chi connectivity index (χ4n) is 3.89. The standard InChI is InChI=1S/C22H27FN4/c23-18-8-6-17(7-9-18)20-14-21(20)26-22(24)25-19-10-12-27(13-11-19)15-16-4-2-1-3-5-16/h1-9,19-21H,10-15H2,(H3,24,25,26)/t20-,21+/m0/s1. The van der Waals surface area contributed by atoms with Crippen molar-refractivity contribution in [2.45, 2.75) is 43.8 Å². The summed E-state index contributed by atoms with van der Waals surface area (Å²) >= 11 is 0. The molecule has 2 aromatic carbocycles. The van der Waals surface area contributed by atoms with Gasteiger partial charge in [0.1, 0.15) is 5.82 Å². The van der Waals surface area contributed by atoms with Crippen molar-refractivity contribution in [3.63, 3.8) is 0 Å². The highest BCUT2D eigenvalue weighted by Gasteiger charge is 2.38. The van der Waals surface area contributed by atoms with E-state index in [0.717, 1.165) is 44.5 Å². The molecule has 1 heterocycles. The highest BCUT2D eigenvalue weighted by atomic mass is 19.1. The second kappa shape index (κ2) is 8.09. The number of piperidine rings is 1. The smallest absolute Gasteiger partial charge is 0.189 e. The highest BCUT2D eigenvalue weighted by Crippen LogP contribution is 2.43. The molecular formula is C22H27FN4. The van der Waals surface area contributed by atoms with E-state index in [4.69, 9.17) is 5.73 Å². The van der Waals surface area contributed by atoms with Gasteiger partial charge in [-0.05, 0) is 42.5 Å². The van der Waals surface area contributed by atoms with Crippen LogP contribution in [0, 0.1) is 5.82 Å². The van der Waals surface area contributed by atoms with E-state index in [9.17, 15) is 4.39 Å². The summed E-state index contributed by atoms with van der Waals surface area (Å²) in [5.74, 6) is 0.726. The van der Waals surface area contributed by atoms with Gasteiger partial charge in [-0.2, -0.15) is 0 Å². The summed E-state index contributed by atoms with van der Waals surface area (Å²) in [7, 11) is 0. The van der Waals surface area contributed by atoms with Gasteiger partial charge in [0.05, 0.1) is 6.04 Å². The molecule has 4 rings (SSSR count). The molecule has 2 fully saturated rings. The van der Waals surface area contributed by atoms with Crippen molar-refractivity contribution in [3.05, 3.63) is 71.5 Å². The molecule has 1 saturated heterocycles. The minimum absolute atomic E-state index is 0.195. The van der Waals surface area contributed by atoms with Gasteiger partial charge in [-0.1, -0.05) is 42.5 Å². The van der Waals surface area contributed by atoms with Crippen molar-refractivity contribution in [3.8, 4) is 0 Å². The fourth-order valence-corrected chi connectivity index (χ4v) is 3.89. The number of benzene rings is 2. The van der Waals surface area contributed by atoms with Crippen LogP contribution in [0.5, 0.6) is 0 Å². The lowest BCUT2D eigenvalue weighted by Gasteiger charge is -2.32. The molecule has 1 aliphatic heterocycles. The Bertz CT molecular complexity index is 767. The number of likely N-dealkylation sites (tertiary alicyclic amines) is 1. The summed E-state index contributed by atoms with van der Waals surface area (Å²) in [5, 5.41) is 3.40. The van der Waals surface area contributed by atoms with Crippen LogP contribution in [0.4, 0.5) is 4.39 Å². The van der Waals surface area contributed by atoms with Gasteiger partial charge in [0, 0.05) is 31.6 Å². The summed E-state index contributed by atoms with van der Waals surface area (Å²) in [5.41, 5.74) is 8.65. The number of halogens is 1. The minimum atomic E-state index is -0.195. The Morgan fingerprint density at radius 3 is 2.48 bits per heavy atom. The Morgan fingerprint density at radius 1 is 1.07 bits per heavy atom. The molecule has 2 aromatic rings. The third kappa shape index (κ3) is 4.86. The van der Waals surface area contributed by atoms with Gasteiger partial charge in [-0.25, -0.2) is 9.38 Å². The first-order valence-electron chi connectivity index (χ1n) is 9.79. The van der Waals surface area contributed by atoms with Crippen molar-refractivity contribution in [1.82, 2.24) is 10.2 Å². The van der Waals surface area contributed by atoms with E-state index in [2.05, 4.69) is 45.5 Å². The molecule has 27 heavy (non-hydrogen) atoms. The third-order valence-corrected chi connectivity index (χ3v) is 5.55. The molecule has 2 atom stereocenters.